The van der Waals surface area contributed by atoms with Gasteiger partial charge in [0, 0.05) is 87.2 Å². The highest BCUT2D eigenvalue weighted by molar-refractivity contribution is 6.07. The number of likely N-dealkylation sites (tertiary alicyclic amines) is 1. The lowest BCUT2D eigenvalue weighted by Gasteiger charge is -2.36. The second kappa shape index (κ2) is 11.5. The molecular formula is C31H35N7O2. The van der Waals surface area contributed by atoms with Gasteiger partial charge < -0.3 is 25.0 Å². The molecule has 206 valence electrons. The van der Waals surface area contributed by atoms with Gasteiger partial charge in [-0.25, -0.2) is 4.79 Å². The summed E-state index contributed by atoms with van der Waals surface area (Å²) in [4.78, 5) is 37.1. The van der Waals surface area contributed by atoms with Crippen molar-refractivity contribution in [3.05, 3.63) is 90.4 Å². The fourth-order valence-corrected chi connectivity index (χ4v) is 5.71. The van der Waals surface area contributed by atoms with Crippen molar-refractivity contribution in [1.82, 2.24) is 29.6 Å². The summed E-state index contributed by atoms with van der Waals surface area (Å²) < 4.78 is 2.06. The van der Waals surface area contributed by atoms with Gasteiger partial charge >= 0.3 is 6.03 Å². The molecule has 2 aromatic heterocycles. The van der Waals surface area contributed by atoms with Gasteiger partial charge in [0.2, 0.25) is 0 Å². The van der Waals surface area contributed by atoms with Crippen molar-refractivity contribution in [3.8, 4) is 5.69 Å². The van der Waals surface area contributed by atoms with Crippen LogP contribution in [0.15, 0.2) is 79.3 Å². The maximum atomic E-state index is 13.8. The Hall–Kier alpha value is -4.21. The molecule has 2 fully saturated rings. The highest BCUT2D eigenvalue weighted by Gasteiger charge is 2.33. The predicted octanol–water partition coefficient (Wildman–Crippen LogP) is 3.81. The Kier molecular flexibility index (Phi) is 7.48. The maximum absolute atomic E-state index is 13.8. The molecule has 6 rings (SSSR count). The lowest BCUT2D eigenvalue weighted by atomic mass is 10.1. The van der Waals surface area contributed by atoms with E-state index in [9.17, 15) is 9.59 Å². The fraction of sp³-hybridized carbons (Fsp3) is 0.323. The van der Waals surface area contributed by atoms with Crippen LogP contribution in [0.1, 0.15) is 22.3 Å². The maximum Gasteiger partial charge on any atom is 0.319 e. The van der Waals surface area contributed by atoms with Gasteiger partial charge in [-0.2, -0.15) is 0 Å². The van der Waals surface area contributed by atoms with Gasteiger partial charge in [0.25, 0.3) is 5.91 Å². The number of aromatic nitrogens is 2. The standard InChI is InChI=1S/C31H35N7O2/c1-35-15-17-36(18-16-35)26-12-14-37(21-26)30(39)28-22-38(29-7-3-2-6-27(28)29)25-10-8-24(9-11-25)34-31(40)33-20-23-5-4-13-32-19-23/h2-11,13,19,22,26H,12,14-18,20-21H2,1H3,(H2,33,34,40). The number of nitrogens with one attached hydrogen (secondary N) is 2. The number of carbonyl (C=O) groups is 2. The molecule has 2 aliphatic heterocycles. The van der Waals surface area contributed by atoms with E-state index in [0.29, 0.717) is 18.3 Å². The Bertz CT molecular complexity index is 1480. The number of hydrogen-bond acceptors (Lipinski definition) is 5. The van der Waals surface area contributed by atoms with Crippen LogP contribution >= 0.6 is 0 Å². The van der Waals surface area contributed by atoms with Crippen LogP contribution < -0.4 is 10.6 Å². The summed E-state index contributed by atoms with van der Waals surface area (Å²) in [7, 11) is 2.17. The van der Waals surface area contributed by atoms with E-state index in [0.717, 1.165) is 73.4 Å². The first-order valence-electron chi connectivity index (χ1n) is 13.9. The molecule has 2 N–H and O–H groups in total. The van der Waals surface area contributed by atoms with E-state index in [1.807, 2.05) is 71.8 Å². The second-order valence-electron chi connectivity index (χ2n) is 10.7. The fourth-order valence-electron chi connectivity index (χ4n) is 5.71. The lowest BCUT2D eigenvalue weighted by molar-refractivity contribution is 0.0757. The van der Waals surface area contributed by atoms with E-state index >= 15 is 0 Å². The Morgan fingerprint density at radius 2 is 1.75 bits per heavy atom. The van der Waals surface area contributed by atoms with E-state index < -0.39 is 0 Å². The third-order valence-corrected chi connectivity index (χ3v) is 8.03. The molecule has 4 heterocycles. The number of piperazine rings is 1. The van der Waals surface area contributed by atoms with Gasteiger partial charge in [0.1, 0.15) is 0 Å². The number of pyridine rings is 1. The number of amides is 3. The number of benzene rings is 2. The molecule has 0 radical (unpaired) electrons. The molecule has 1 unspecified atom stereocenters. The Morgan fingerprint density at radius 1 is 0.950 bits per heavy atom. The zero-order chi connectivity index (χ0) is 27.5. The summed E-state index contributed by atoms with van der Waals surface area (Å²) in [5.41, 5.74) is 4.25. The van der Waals surface area contributed by atoms with Crippen molar-refractivity contribution in [1.29, 1.82) is 0 Å². The number of carbonyl (C=O) groups excluding carboxylic acids is 2. The average Bonchev–Trinajstić information content (AvgIpc) is 3.63. The number of rotatable bonds is 6. The minimum Gasteiger partial charge on any atom is -0.337 e. The Morgan fingerprint density at radius 3 is 2.52 bits per heavy atom. The number of fused-ring (bicyclic) bond motifs is 1. The lowest BCUT2D eigenvalue weighted by Crippen LogP contribution is -2.50. The average molecular weight is 538 g/mol. The topological polar surface area (TPSA) is 85.7 Å². The molecule has 2 aromatic carbocycles. The normalized spacial score (nSPS) is 18.2. The first-order chi connectivity index (χ1) is 19.5. The molecule has 2 aliphatic rings. The van der Waals surface area contributed by atoms with Crippen molar-refractivity contribution in [3.63, 3.8) is 0 Å². The number of anilines is 1. The molecule has 3 amide bonds. The van der Waals surface area contributed by atoms with Crippen LogP contribution in [0.3, 0.4) is 0 Å². The van der Waals surface area contributed by atoms with Crippen LogP contribution in [0, 0.1) is 0 Å². The zero-order valence-corrected chi connectivity index (χ0v) is 22.8. The first kappa shape index (κ1) is 26.0. The van der Waals surface area contributed by atoms with Gasteiger partial charge in [-0.15, -0.1) is 0 Å². The number of para-hydroxylation sites is 1. The highest BCUT2D eigenvalue weighted by atomic mass is 16.2. The molecule has 0 spiro atoms. The van der Waals surface area contributed by atoms with E-state index in [1.54, 1.807) is 12.4 Å². The van der Waals surface area contributed by atoms with Crippen molar-refractivity contribution in [2.24, 2.45) is 0 Å². The van der Waals surface area contributed by atoms with Crippen LogP contribution in [0.2, 0.25) is 0 Å². The Balaban J connectivity index is 1.15. The van der Waals surface area contributed by atoms with E-state index in [-0.39, 0.29) is 11.9 Å². The zero-order valence-electron chi connectivity index (χ0n) is 22.8. The van der Waals surface area contributed by atoms with E-state index in [4.69, 9.17) is 0 Å². The molecule has 4 aromatic rings. The number of likely N-dealkylation sites (N-methyl/N-ethyl adjacent to an activating group) is 1. The van der Waals surface area contributed by atoms with Crippen molar-refractivity contribution >= 4 is 28.5 Å². The van der Waals surface area contributed by atoms with Crippen LogP contribution in [-0.2, 0) is 6.54 Å². The van der Waals surface area contributed by atoms with Crippen LogP contribution in [0.5, 0.6) is 0 Å². The SMILES string of the molecule is CN1CCN(C2CCN(C(=O)c3cn(-c4ccc(NC(=O)NCc5cccnc5)cc4)c4ccccc34)C2)CC1. The largest absolute Gasteiger partial charge is 0.337 e. The summed E-state index contributed by atoms with van der Waals surface area (Å²) in [6.45, 7) is 6.28. The van der Waals surface area contributed by atoms with Gasteiger partial charge in [0.05, 0.1) is 11.1 Å². The number of urea groups is 1. The molecule has 40 heavy (non-hydrogen) atoms. The summed E-state index contributed by atoms with van der Waals surface area (Å²) in [6, 6.07) is 19.6. The summed E-state index contributed by atoms with van der Waals surface area (Å²) in [5, 5.41) is 6.67. The quantitative estimate of drug-likeness (QED) is 0.391. The number of hydrogen-bond donors (Lipinski definition) is 2. The summed E-state index contributed by atoms with van der Waals surface area (Å²) in [6.07, 6.45) is 6.41. The molecule has 1 atom stereocenters. The van der Waals surface area contributed by atoms with Gasteiger partial charge in [-0.3, -0.25) is 14.7 Å². The molecule has 0 aliphatic carbocycles. The second-order valence-corrected chi connectivity index (χ2v) is 10.7. The van der Waals surface area contributed by atoms with Crippen molar-refractivity contribution in [2.45, 2.75) is 19.0 Å². The summed E-state index contributed by atoms with van der Waals surface area (Å²) >= 11 is 0. The first-order valence-corrected chi connectivity index (χ1v) is 13.9. The Labute approximate surface area is 234 Å². The molecule has 9 heteroatoms. The highest BCUT2D eigenvalue weighted by Crippen LogP contribution is 2.28. The monoisotopic (exact) mass is 537 g/mol. The van der Waals surface area contributed by atoms with Crippen molar-refractivity contribution < 1.29 is 9.59 Å². The third-order valence-electron chi connectivity index (χ3n) is 8.03. The molecule has 0 saturated carbocycles. The van der Waals surface area contributed by atoms with Crippen LogP contribution in [0.4, 0.5) is 10.5 Å². The minimum atomic E-state index is -0.281. The number of nitrogens with zero attached hydrogens (tertiary/aromatic N) is 5. The summed E-state index contributed by atoms with van der Waals surface area (Å²) in [5.74, 6) is 0.0927. The molecule has 9 nitrogen and oxygen atoms in total. The van der Waals surface area contributed by atoms with Crippen molar-refractivity contribution in [2.75, 3.05) is 51.6 Å². The van der Waals surface area contributed by atoms with Gasteiger partial charge in [0.15, 0.2) is 0 Å². The minimum absolute atomic E-state index is 0.0927. The smallest absolute Gasteiger partial charge is 0.319 e. The van der Waals surface area contributed by atoms with Gasteiger partial charge in [-0.1, -0.05) is 24.3 Å². The third kappa shape index (κ3) is 5.57. The molecule has 2 saturated heterocycles. The van der Waals surface area contributed by atoms with E-state index in [1.165, 1.54) is 0 Å². The molecular weight excluding hydrogens is 502 g/mol. The van der Waals surface area contributed by atoms with Crippen LogP contribution in [-0.4, -0.2) is 88.5 Å². The predicted molar refractivity (Wildman–Crippen MR) is 157 cm³/mol. The van der Waals surface area contributed by atoms with Crippen LogP contribution in [0.25, 0.3) is 16.6 Å². The van der Waals surface area contributed by atoms with E-state index in [2.05, 4.69) is 37.0 Å². The molecule has 0 bridgehead atoms. The van der Waals surface area contributed by atoms with Gasteiger partial charge in [-0.05, 0) is 55.4 Å².